The molecule has 4 N–H and O–H groups in total. The number of nitrogens with two attached hydrogens (primary N) is 1. The van der Waals surface area contributed by atoms with Gasteiger partial charge in [0, 0.05) is 0 Å². The SMILES string of the molecule is CC=NCNC(=N)N. The van der Waals surface area contributed by atoms with Crippen LogP contribution >= 0.6 is 0 Å². The first-order chi connectivity index (χ1) is 3.77. The van der Waals surface area contributed by atoms with Crippen molar-refractivity contribution in [2.45, 2.75) is 6.92 Å². The van der Waals surface area contributed by atoms with Gasteiger partial charge in [0.25, 0.3) is 0 Å². The van der Waals surface area contributed by atoms with E-state index in [1.165, 1.54) is 0 Å². The molecule has 0 amide bonds. The quantitative estimate of drug-likeness (QED) is 0.335. The molecule has 0 fully saturated rings. The molecular weight excluding hydrogens is 104 g/mol. The van der Waals surface area contributed by atoms with Gasteiger partial charge in [-0.25, -0.2) is 0 Å². The van der Waals surface area contributed by atoms with Crippen LogP contribution in [0.3, 0.4) is 0 Å². The minimum Gasteiger partial charge on any atom is -0.370 e. The fraction of sp³-hybridized carbons (Fsp3) is 0.500. The summed E-state index contributed by atoms with van der Waals surface area (Å²) in [5, 5.41) is 9.18. The molecule has 0 bridgehead atoms. The van der Waals surface area contributed by atoms with Gasteiger partial charge in [0.1, 0.15) is 6.67 Å². The Balaban J connectivity index is 3.05. The highest BCUT2D eigenvalue weighted by molar-refractivity contribution is 5.74. The lowest BCUT2D eigenvalue weighted by atomic mass is 10.8. The average Bonchev–Trinajstić information content (AvgIpc) is 1.66. The van der Waals surface area contributed by atoms with Crippen molar-refractivity contribution >= 4 is 12.2 Å². The lowest BCUT2D eigenvalue weighted by Crippen LogP contribution is -2.30. The van der Waals surface area contributed by atoms with Crippen molar-refractivity contribution in [2.75, 3.05) is 6.67 Å². The molecule has 0 aliphatic carbocycles. The molecule has 0 rings (SSSR count). The smallest absolute Gasteiger partial charge is 0.187 e. The number of nitrogens with one attached hydrogen (secondary N) is 2. The van der Waals surface area contributed by atoms with Crippen molar-refractivity contribution in [3.05, 3.63) is 0 Å². The molecule has 0 aliphatic rings. The molecule has 0 aliphatic heterocycles. The van der Waals surface area contributed by atoms with Crippen LogP contribution in [0, 0.1) is 5.41 Å². The third-order valence-electron chi connectivity index (χ3n) is 0.543. The molecule has 0 atom stereocenters. The molecule has 0 aromatic carbocycles. The first kappa shape index (κ1) is 6.94. The van der Waals surface area contributed by atoms with Crippen molar-refractivity contribution in [1.82, 2.24) is 5.32 Å². The van der Waals surface area contributed by atoms with Crippen LogP contribution in [0.2, 0.25) is 0 Å². The van der Waals surface area contributed by atoms with Gasteiger partial charge in [0.05, 0.1) is 0 Å². The van der Waals surface area contributed by atoms with Gasteiger partial charge < -0.3 is 11.1 Å². The fourth-order valence-corrected chi connectivity index (χ4v) is 0.222. The van der Waals surface area contributed by atoms with Crippen LogP contribution in [0.15, 0.2) is 4.99 Å². The van der Waals surface area contributed by atoms with E-state index in [9.17, 15) is 0 Å². The predicted octanol–water partition coefficient (Wildman–Crippen LogP) is -0.482. The second-order valence-electron chi connectivity index (χ2n) is 1.19. The van der Waals surface area contributed by atoms with Gasteiger partial charge >= 0.3 is 0 Å². The second kappa shape index (κ2) is 4.11. The summed E-state index contributed by atoms with van der Waals surface area (Å²) in [7, 11) is 0. The van der Waals surface area contributed by atoms with Crippen LogP contribution in [-0.2, 0) is 0 Å². The molecular formula is C4H10N4. The van der Waals surface area contributed by atoms with Gasteiger partial charge in [-0.05, 0) is 13.1 Å². The van der Waals surface area contributed by atoms with Crippen LogP contribution in [0.1, 0.15) is 6.92 Å². The Bertz CT molecular complexity index is 96.2. The van der Waals surface area contributed by atoms with Crippen molar-refractivity contribution < 1.29 is 0 Å². The molecule has 0 spiro atoms. The first-order valence-electron chi connectivity index (χ1n) is 2.29. The molecule has 0 unspecified atom stereocenters. The van der Waals surface area contributed by atoms with Gasteiger partial charge in [-0.1, -0.05) is 0 Å². The van der Waals surface area contributed by atoms with Crippen molar-refractivity contribution in [1.29, 1.82) is 5.41 Å². The zero-order valence-corrected chi connectivity index (χ0v) is 4.81. The van der Waals surface area contributed by atoms with E-state index in [-0.39, 0.29) is 5.96 Å². The summed E-state index contributed by atoms with van der Waals surface area (Å²) in [5.41, 5.74) is 4.93. The monoisotopic (exact) mass is 114 g/mol. The molecule has 0 aromatic heterocycles. The van der Waals surface area contributed by atoms with Crippen molar-refractivity contribution in [2.24, 2.45) is 10.7 Å². The average molecular weight is 114 g/mol. The molecule has 8 heavy (non-hydrogen) atoms. The van der Waals surface area contributed by atoms with Gasteiger partial charge in [0.15, 0.2) is 5.96 Å². The topological polar surface area (TPSA) is 74.3 Å². The van der Waals surface area contributed by atoms with E-state index in [2.05, 4.69) is 10.3 Å². The highest BCUT2D eigenvalue weighted by Gasteiger charge is 1.77. The Morgan fingerprint density at radius 2 is 2.62 bits per heavy atom. The highest BCUT2D eigenvalue weighted by Crippen LogP contribution is 1.57. The van der Waals surface area contributed by atoms with Crippen LogP contribution in [0.4, 0.5) is 0 Å². The molecule has 0 aromatic rings. The van der Waals surface area contributed by atoms with Crippen LogP contribution in [0.5, 0.6) is 0 Å². The standard InChI is InChI=1S/C4H10N4/c1-2-7-3-8-4(5)6/h2H,3H2,1H3,(H4,5,6,8). The minimum atomic E-state index is -0.0457. The zero-order valence-electron chi connectivity index (χ0n) is 4.81. The molecule has 0 saturated heterocycles. The highest BCUT2D eigenvalue weighted by atomic mass is 15.1. The molecule has 4 heteroatoms. The number of rotatable bonds is 2. The second-order valence-corrected chi connectivity index (χ2v) is 1.19. The zero-order chi connectivity index (χ0) is 6.41. The Morgan fingerprint density at radius 3 is 3.00 bits per heavy atom. The van der Waals surface area contributed by atoms with E-state index in [1.54, 1.807) is 6.21 Å². The molecule has 4 nitrogen and oxygen atoms in total. The van der Waals surface area contributed by atoms with E-state index in [0.29, 0.717) is 6.67 Å². The number of hydrogen-bond acceptors (Lipinski definition) is 2. The van der Waals surface area contributed by atoms with Gasteiger partial charge in [0.2, 0.25) is 0 Å². The van der Waals surface area contributed by atoms with Crippen LogP contribution in [0.25, 0.3) is 0 Å². The number of aliphatic imine (C=N–C) groups is 1. The Labute approximate surface area is 48.3 Å². The van der Waals surface area contributed by atoms with E-state index in [0.717, 1.165) is 0 Å². The molecule has 0 saturated carbocycles. The summed E-state index contributed by atoms with van der Waals surface area (Å²) in [5.74, 6) is -0.0457. The summed E-state index contributed by atoms with van der Waals surface area (Å²) in [6.07, 6.45) is 1.65. The maximum atomic E-state index is 6.67. The maximum absolute atomic E-state index is 6.67. The molecule has 46 valence electrons. The Morgan fingerprint density at radius 1 is 2.00 bits per heavy atom. The third-order valence-corrected chi connectivity index (χ3v) is 0.543. The predicted molar refractivity (Wildman–Crippen MR) is 34.1 cm³/mol. The first-order valence-corrected chi connectivity index (χ1v) is 2.29. The fourth-order valence-electron chi connectivity index (χ4n) is 0.222. The normalized spacial score (nSPS) is 9.62. The molecule has 0 radical (unpaired) electrons. The third kappa shape index (κ3) is 4.94. The Hall–Kier alpha value is -1.06. The van der Waals surface area contributed by atoms with Gasteiger partial charge in [-0.2, -0.15) is 0 Å². The number of hydrogen-bond donors (Lipinski definition) is 3. The minimum absolute atomic E-state index is 0.0457. The summed E-state index contributed by atoms with van der Waals surface area (Å²) in [4.78, 5) is 3.76. The van der Waals surface area contributed by atoms with Gasteiger partial charge in [-0.15, -0.1) is 0 Å². The largest absolute Gasteiger partial charge is 0.370 e. The van der Waals surface area contributed by atoms with Crippen LogP contribution in [-0.4, -0.2) is 18.8 Å². The van der Waals surface area contributed by atoms with E-state index in [4.69, 9.17) is 11.1 Å². The summed E-state index contributed by atoms with van der Waals surface area (Å²) < 4.78 is 0. The number of guanidine groups is 1. The Kier molecular flexibility index (Phi) is 3.56. The summed E-state index contributed by atoms with van der Waals surface area (Å²) >= 11 is 0. The van der Waals surface area contributed by atoms with Crippen molar-refractivity contribution in [3.63, 3.8) is 0 Å². The van der Waals surface area contributed by atoms with Crippen LogP contribution < -0.4 is 11.1 Å². The molecule has 0 heterocycles. The van der Waals surface area contributed by atoms with E-state index in [1.807, 2.05) is 6.92 Å². The van der Waals surface area contributed by atoms with Crippen molar-refractivity contribution in [3.8, 4) is 0 Å². The summed E-state index contributed by atoms with van der Waals surface area (Å²) in [6, 6.07) is 0. The van der Waals surface area contributed by atoms with Gasteiger partial charge in [-0.3, -0.25) is 10.4 Å². The maximum Gasteiger partial charge on any atom is 0.187 e. The lowest BCUT2D eigenvalue weighted by Gasteiger charge is -1.94. The number of nitrogens with zero attached hydrogens (tertiary/aromatic N) is 1. The lowest BCUT2D eigenvalue weighted by molar-refractivity contribution is 0.913. The van der Waals surface area contributed by atoms with E-state index >= 15 is 0 Å². The summed E-state index contributed by atoms with van der Waals surface area (Å²) in [6.45, 7) is 2.20. The van der Waals surface area contributed by atoms with E-state index < -0.39 is 0 Å².